The molecule has 0 atom stereocenters. The Hall–Kier alpha value is -2.14. The molecular weight excluding hydrogens is 198 g/mol. The SMILES string of the molecule is N#Cc1ccccc1C(=O)C1=CC=CCC1. The largest absolute Gasteiger partial charge is 0.289 e. The van der Waals surface area contributed by atoms with Gasteiger partial charge in [0.2, 0.25) is 0 Å². The summed E-state index contributed by atoms with van der Waals surface area (Å²) in [6.45, 7) is 0. The van der Waals surface area contributed by atoms with E-state index in [2.05, 4.69) is 0 Å². The molecule has 0 saturated carbocycles. The van der Waals surface area contributed by atoms with Gasteiger partial charge in [-0.2, -0.15) is 5.26 Å². The number of ketones is 1. The molecule has 0 N–H and O–H groups in total. The number of hydrogen-bond donors (Lipinski definition) is 0. The fourth-order valence-electron chi connectivity index (χ4n) is 1.74. The van der Waals surface area contributed by atoms with Crippen LogP contribution in [0, 0.1) is 11.3 Å². The average molecular weight is 209 g/mol. The molecule has 1 aliphatic rings. The van der Waals surface area contributed by atoms with Crippen molar-refractivity contribution in [3.63, 3.8) is 0 Å². The zero-order valence-corrected chi connectivity index (χ0v) is 8.81. The van der Waals surface area contributed by atoms with Gasteiger partial charge in [0.15, 0.2) is 5.78 Å². The van der Waals surface area contributed by atoms with Gasteiger partial charge in [0, 0.05) is 11.1 Å². The number of benzene rings is 1. The van der Waals surface area contributed by atoms with Crippen LogP contribution in [0.4, 0.5) is 0 Å². The third kappa shape index (κ3) is 1.94. The second-order valence-corrected chi connectivity index (χ2v) is 3.65. The molecule has 0 unspecified atom stereocenters. The summed E-state index contributed by atoms with van der Waals surface area (Å²) in [5.74, 6) is -0.0264. The number of nitriles is 1. The number of hydrogen-bond acceptors (Lipinski definition) is 2. The van der Waals surface area contributed by atoms with Gasteiger partial charge < -0.3 is 0 Å². The van der Waals surface area contributed by atoms with Crippen molar-refractivity contribution >= 4 is 5.78 Å². The molecule has 0 fully saturated rings. The minimum absolute atomic E-state index is 0.0264. The molecule has 78 valence electrons. The van der Waals surface area contributed by atoms with Gasteiger partial charge in [-0.05, 0) is 25.0 Å². The van der Waals surface area contributed by atoms with Crippen molar-refractivity contribution in [3.8, 4) is 6.07 Å². The molecule has 0 heterocycles. The van der Waals surface area contributed by atoms with Crippen molar-refractivity contribution in [3.05, 3.63) is 59.2 Å². The molecule has 16 heavy (non-hydrogen) atoms. The van der Waals surface area contributed by atoms with Gasteiger partial charge >= 0.3 is 0 Å². The number of allylic oxidation sites excluding steroid dienone is 4. The first kappa shape index (κ1) is 10.4. The molecule has 0 spiro atoms. The van der Waals surface area contributed by atoms with Crippen molar-refractivity contribution in [2.45, 2.75) is 12.8 Å². The van der Waals surface area contributed by atoms with E-state index in [0.717, 1.165) is 18.4 Å². The van der Waals surface area contributed by atoms with Gasteiger partial charge in [0.05, 0.1) is 11.6 Å². The Morgan fingerprint density at radius 3 is 2.81 bits per heavy atom. The van der Waals surface area contributed by atoms with Crippen LogP contribution in [0.25, 0.3) is 0 Å². The lowest BCUT2D eigenvalue weighted by molar-refractivity contribution is 0.103. The molecule has 2 rings (SSSR count). The number of Topliss-reactive ketones (excluding diaryl/α,β-unsaturated/α-hetero) is 1. The summed E-state index contributed by atoms with van der Waals surface area (Å²) in [5.41, 5.74) is 1.74. The van der Waals surface area contributed by atoms with Gasteiger partial charge in [-0.1, -0.05) is 30.4 Å². The molecule has 0 saturated heterocycles. The Labute approximate surface area is 94.5 Å². The number of carbonyl (C=O) groups excluding carboxylic acids is 1. The first-order chi connectivity index (χ1) is 7.83. The zero-order valence-electron chi connectivity index (χ0n) is 8.81. The zero-order chi connectivity index (χ0) is 11.4. The molecule has 0 amide bonds. The van der Waals surface area contributed by atoms with Crippen LogP contribution < -0.4 is 0 Å². The van der Waals surface area contributed by atoms with E-state index in [1.807, 2.05) is 24.3 Å². The van der Waals surface area contributed by atoms with E-state index in [0.29, 0.717) is 11.1 Å². The maximum Gasteiger partial charge on any atom is 0.190 e. The summed E-state index contributed by atoms with van der Waals surface area (Å²) in [6.07, 6.45) is 7.42. The van der Waals surface area contributed by atoms with E-state index < -0.39 is 0 Å². The van der Waals surface area contributed by atoms with Gasteiger partial charge in [0.1, 0.15) is 0 Å². The summed E-state index contributed by atoms with van der Waals surface area (Å²) in [7, 11) is 0. The fourth-order valence-corrected chi connectivity index (χ4v) is 1.74. The predicted molar refractivity (Wildman–Crippen MR) is 61.9 cm³/mol. The predicted octanol–water partition coefficient (Wildman–Crippen LogP) is 3.02. The van der Waals surface area contributed by atoms with Crippen LogP contribution in [0.5, 0.6) is 0 Å². The van der Waals surface area contributed by atoms with Crippen molar-refractivity contribution in [1.82, 2.24) is 0 Å². The van der Waals surface area contributed by atoms with Gasteiger partial charge in [0.25, 0.3) is 0 Å². The fraction of sp³-hybridized carbons (Fsp3) is 0.143. The topological polar surface area (TPSA) is 40.9 Å². The van der Waals surface area contributed by atoms with E-state index >= 15 is 0 Å². The third-order valence-electron chi connectivity index (χ3n) is 2.60. The summed E-state index contributed by atoms with van der Waals surface area (Å²) in [4.78, 5) is 12.1. The highest BCUT2D eigenvalue weighted by Crippen LogP contribution is 2.19. The molecule has 2 nitrogen and oxygen atoms in total. The van der Waals surface area contributed by atoms with Gasteiger partial charge in [-0.25, -0.2) is 0 Å². The summed E-state index contributed by atoms with van der Waals surface area (Å²) in [6, 6.07) is 8.98. The summed E-state index contributed by atoms with van der Waals surface area (Å²) < 4.78 is 0. The maximum absolute atomic E-state index is 12.1. The van der Waals surface area contributed by atoms with Crippen LogP contribution in [-0.4, -0.2) is 5.78 Å². The average Bonchev–Trinajstić information content (AvgIpc) is 2.39. The van der Waals surface area contributed by atoms with Crippen molar-refractivity contribution < 1.29 is 4.79 Å². The number of nitrogens with zero attached hydrogens (tertiary/aromatic N) is 1. The van der Waals surface area contributed by atoms with Crippen LogP contribution in [-0.2, 0) is 0 Å². The van der Waals surface area contributed by atoms with Crippen LogP contribution in [0.3, 0.4) is 0 Å². The van der Waals surface area contributed by atoms with Crippen LogP contribution in [0.15, 0.2) is 48.1 Å². The van der Waals surface area contributed by atoms with E-state index in [9.17, 15) is 4.79 Å². The molecule has 0 bridgehead atoms. The molecule has 0 aliphatic heterocycles. The van der Waals surface area contributed by atoms with Crippen LogP contribution in [0.2, 0.25) is 0 Å². The Balaban J connectivity index is 2.38. The minimum atomic E-state index is -0.0264. The standard InChI is InChI=1S/C14H11NO/c15-10-12-8-4-5-9-13(12)14(16)11-6-2-1-3-7-11/h1-2,4-6,8-9H,3,7H2. The highest BCUT2D eigenvalue weighted by Gasteiger charge is 2.15. The first-order valence-electron chi connectivity index (χ1n) is 5.22. The van der Waals surface area contributed by atoms with E-state index in [-0.39, 0.29) is 5.78 Å². The molecule has 2 heteroatoms. The lowest BCUT2D eigenvalue weighted by Crippen LogP contribution is -2.06. The minimum Gasteiger partial charge on any atom is -0.289 e. The highest BCUT2D eigenvalue weighted by molar-refractivity contribution is 6.10. The van der Waals surface area contributed by atoms with E-state index in [1.54, 1.807) is 24.3 Å². The normalized spacial score (nSPS) is 14.1. The highest BCUT2D eigenvalue weighted by atomic mass is 16.1. The van der Waals surface area contributed by atoms with Gasteiger partial charge in [-0.3, -0.25) is 4.79 Å². The van der Waals surface area contributed by atoms with Crippen LogP contribution in [0.1, 0.15) is 28.8 Å². The maximum atomic E-state index is 12.1. The lowest BCUT2D eigenvalue weighted by Gasteiger charge is -2.08. The Morgan fingerprint density at radius 2 is 2.12 bits per heavy atom. The second kappa shape index (κ2) is 4.59. The van der Waals surface area contributed by atoms with Gasteiger partial charge in [-0.15, -0.1) is 0 Å². The van der Waals surface area contributed by atoms with Crippen molar-refractivity contribution in [2.75, 3.05) is 0 Å². The Bertz CT molecular complexity index is 518. The quantitative estimate of drug-likeness (QED) is 0.702. The molecule has 0 radical (unpaired) electrons. The molecule has 1 aromatic carbocycles. The molecule has 1 aromatic rings. The first-order valence-corrected chi connectivity index (χ1v) is 5.22. The summed E-state index contributed by atoms with van der Waals surface area (Å²) >= 11 is 0. The van der Waals surface area contributed by atoms with E-state index in [4.69, 9.17) is 5.26 Å². The van der Waals surface area contributed by atoms with E-state index in [1.165, 1.54) is 0 Å². The molecule has 1 aliphatic carbocycles. The monoisotopic (exact) mass is 209 g/mol. The number of rotatable bonds is 2. The second-order valence-electron chi connectivity index (χ2n) is 3.65. The molecular formula is C14H11NO. The number of carbonyl (C=O) groups is 1. The van der Waals surface area contributed by atoms with Crippen molar-refractivity contribution in [2.24, 2.45) is 0 Å². The Kier molecular flexibility index (Phi) is 2.98. The van der Waals surface area contributed by atoms with Crippen molar-refractivity contribution in [1.29, 1.82) is 5.26 Å². The lowest BCUT2D eigenvalue weighted by atomic mass is 9.94. The smallest absolute Gasteiger partial charge is 0.190 e. The summed E-state index contributed by atoms with van der Waals surface area (Å²) in [5, 5.41) is 8.93. The third-order valence-corrected chi connectivity index (χ3v) is 2.60. The Morgan fingerprint density at radius 1 is 1.31 bits per heavy atom. The molecule has 0 aromatic heterocycles. The van der Waals surface area contributed by atoms with Crippen LogP contribution >= 0.6 is 0 Å².